The molecule has 8 nitrogen and oxygen atoms in total. The SMILES string of the molecule is O=C(OCCCn1nnc(-c2ccccc2)n1)c1ccc(Cn2cccn2)cc1. The van der Waals surface area contributed by atoms with Crippen LogP contribution in [0.4, 0.5) is 0 Å². The lowest BCUT2D eigenvalue weighted by Crippen LogP contribution is -2.10. The van der Waals surface area contributed by atoms with E-state index in [2.05, 4.69) is 20.5 Å². The van der Waals surface area contributed by atoms with Gasteiger partial charge in [-0.1, -0.05) is 42.5 Å². The maximum Gasteiger partial charge on any atom is 0.338 e. The van der Waals surface area contributed by atoms with E-state index in [1.165, 1.54) is 4.80 Å². The van der Waals surface area contributed by atoms with E-state index in [1.807, 2.05) is 59.4 Å². The summed E-state index contributed by atoms with van der Waals surface area (Å²) in [5, 5.41) is 16.6. The topological polar surface area (TPSA) is 87.7 Å². The van der Waals surface area contributed by atoms with E-state index in [1.54, 1.807) is 18.3 Å². The van der Waals surface area contributed by atoms with Crippen molar-refractivity contribution in [3.63, 3.8) is 0 Å². The molecule has 8 heteroatoms. The Morgan fingerprint density at radius 2 is 1.83 bits per heavy atom. The number of rotatable bonds is 8. The van der Waals surface area contributed by atoms with Crippen molar-refractivity contribution >= 4 is 5.97 Å². The molecule has 4 rings (SSSR count). The van der Waals surface area contributed by atoms with Gasteiger partial charge in [0.1, 0.15) is 0 Å². The third-order valence-corrected chi connectivity index (χ3v) is 4.31. The summed E-state index contributed by atoms with van der Waals surface area (Å²) in [7, 11) is 0. The molecule has 0 bridgehead atoms. The molecule has 4 aromatic rings. The number of tetrazole rings is 1. The van der Waals surface area contributed by atoms with Crippen LogP contribution in [0.1, 0.15) is 22.3 Å². The lowest BCUT2D eigenvalue weighted by Gasteiger charge is -2.06. The van der Waals surface area contributed by atoms with Gasteiger partial charge >= 0.3 is 5.97 Å². The first-order valence-corrected chi connectivity index (χ1v) is 9.35. The van der Waals surface area contributed by atoms with Crippen LogP contribution in [0.15, 0.2) is 73.1 Å². The summed E-state index contributed by atoms with van der Waals surface area (Å²) in [6.45, 7) is 1.48. The molecule has 0 aliphatic carbocycles. The van der Waals surface area contributed by atoms with Crippen LogP contribution in [0.3, 0.4) is 0 Å². The molecular formula is C21H20N6O2. The van der Waals surface area contributed by atoms with Crippen LogP contribution in [0.5, 0.6) is 0 Å². The Hall–Kier alpha value is -3.81. The van der Waals surface area contributed by atoms with Gasteiger partial charge in [-0.2, -0.15) is 9.90 Å². The van der Waals surface area contributed by atoms with Crippen molar-refractivity contribution in [2.75, 3.05) is 6.61 Å². The van der Waals surface area contributed by atoms with Crippen LogP contribution in [-0.4, -0.2) is 42.6 Å². The van der Waals surface area contributed by atoms with Crippen molar-refractivity contribution in [1.82, 2.24) is 30.0 Å². The Morgan fingerprint density at radius 1 is 1.00 bits per heavy atom. The van der Waals surface area contributed by atoms with E-state index >= 15 is 0 Å². The average molecular weight is 388 g/mol. The molecule has 0 aliphatic rings. The van der Waals surface area contributed by atoms with E-state index in [4.69, 9.17) is 4.74 Å². The molecule has 0 fully saturated rings. The molecule has 29 heavy (non-hydrogen) atoms. The zero-order chi connectivity index (χ0) is 19.9. The van der Waals surface area contributed by atoms with Crippen LogP contribution >= 0.6 is 0 Å². The Balaban J connectivity index is 1.22. The Labute approximate surface area is 167 Å². The quantitative estimate of drug-likeness (QED) is 0.341. The number of hydrogen-bond donors (Lipinski definition) is 0. The van der Waals surface area contributed by atoms with Gasteiger partial charge in [0.05, 0.1) is 25.3 Å². The van der Waals surface area contributed by atoms with Gasteiger partial charge in [-0.3, -0.25) is 4.68 Å². The average Bonchev–Trinajstić information content (AvgIpc) is 3.44. The predicted molar refractivity (Wildman–Crippen MR) is 106 cm³/mol. The molecule has 0 saturated carbocycles. The first kappa shape index (κ1) is 18.5. The molecule has 0 atom stereocenters. The molecule has 146 valence electrons. The minimum absolute atomic E-state index is 0.288. The maximum absolute atomic E-state index is 12.2. The first-order valence-electron chi connectivity index (χ1n) is 9.35. The number of nitrogens with zero attached hydrogens (tertiary/aromatic N) is 6. The fourth-order valence-corrected chi connectivity index (χ4v) is 2.82. The van der Waals surface area contributed by atoms with E-state index in [9.17, 15) is 4.79 Å². The first-order chi connectivity index (χ1) is 14.3. The predicted octanol–water partition coefficient (Wildman–Crippen LogP) is 2.83. The Morgan fingerprint density at radius 3 is 2.59 bits per heavy atom. The minimum Gasteiger partial charge on any atom is -0.462 e. The van der Waals surface area contributed by atoms with Gasteiger partial charge in [0.2, 0.25) is 5.82 Å². The minimum atomic E-state index is -0.341. The molecule has 0 spiro atoms. The number of hydrogen-bond acceptors (Lipinski definition) is 6. The normalized spacial score (nSPS) is 10.8. The summed E-state index contributed by atoms with van der Waals surface area (Å²) < 4.78 is 7.17. The van der Waals surface area contributed by atoms with Gasteiger partial charge < -0.3 is 4.74 Å². The van der Waals surface area contributed by atoms with E-state index in [-0.39, 0.29) is 12.6 Å². The molecule has 2 heterocycles. The van der Waals surface area contributed by atoms with Crippen molar-refractivity contribution in [2.45, 2.75) is 19.5 Å². The molecular weight excluding hydrogens is 368 g/mol. The number of ether oxygens (including phenoxy) is 1. The summed E-state index contributed by atoms with van der Waals surface area (Å²) in [6.07, 6.45) is 4.24. The van der Waals surface area contributed by atoms with Crippen LogP contribution in [0.25, 0.3) is 11.4 Å². The highest BCUT2D eigenvalue weighted by Gasteiger charge is 2.08. The fraction of sp³-hybridized carbons (Fsp3) is 0.190. The second-order valence-electron chi connectivity index (χ2n) is 6.47. The number of benzene rings is 2. The van der Waals surface area contributed by atoms with Gasteiger partial charge in [0, 0.05) is 24.4 Å². The monoisotopic (exact) mass is 388 g/mol. The highest BCUT2D eigenvalue weighted by molar-refractivity contribution is 5.89. The van der Waals surface area contributed by atoms with Gasteiger partial charge in [0.15, 0.2) is 0 Å². The number of carbonyl (C=O) groups excluding carboxylic acids is 1. The van der Waals surface area contributed by atoms with Crippen LogP contribution < -0.4 is 0 Å². The molecule has 0 saturated heterocycles. The Bertz CT molecular complexity index is 1040. The lowest BCUT2D eigenvalue weighted by atomic mass is 10.1. The smallest absolute Gasteiger partial charge is 0.338 e. The van der Waals surface area contributed by atoms with Crippen molar-refractivity contribution in [3.8, 4) is 11.4 Å². The van der Waals surface area contributed by atoms with Gasteiger partial charge in [0.25, 0.3) is 0 Å². The molecule has 0 N–H and O–H groups in total. The molecule has 2 aromatic carbocycles. The number of aryl methyl sites for hydroxylation is 1. The largest absolute Gasteiger partial charge is 0.462 e. The van der Waals surface area contributed by atoms with Crippen molar-refractivity contribution in [2.24, 2.45) is 0 Å². The zero-order valence-electron chi connectivity index (χ0n) is 15.8. The maximum atomic E-state index is 12.2. The van der Waals surface area contributed by atoms with Crippen LogP contribution in [0.2, 0.25) is 0 Å². The highest BCUT2D eigenvalue weighted by Crippen LogP contribution is 2.12. The van der Waals surface area contributed by atoms with Crippen LogP contribution in [-0.2, 0) is 17.8 Å². The van der Waals surface area contributed by atoms with Gasteiger partial charge in [-0.05, 0) is 29.0 Å². The Kier molecular flexibility index (Phi) is 5.70. The van der Waals surface area contributed by atoms with Crippen molar-refractivity contribution < 1.29 is 9.53 Å². The van der Waals surface area contributed by atoms with Crippen molar-refractivity contribution in [1.29, 1.82) is 0 Å². The van der Waals surface area contributed by atoms with E-state index in [0.29, 0.717) is 30.9 Å². The molecule has 0 aliphatic heterocycles. The number of aromatic nitrogens is 6. The number of carbonyl (C=O) groups is 1. The summed E-state index contributed by atoms with van der Waals surface area (Å²) >= 11 is 0. The molecule has 0 amide bonds. The third-order valence-electron chi connectivity index (χ3n) is 4.31. The summed E-state index contributed by atoms with van der Waals surface area (Å²) in [5.41, 5.74) is 2.51. The van der Waals surface area contributed by atoms with E-state index in [0.717, 1.165) is 11.1 Å². The molecule has 0 unspecified atom stereocenters. The van der Waals surface area contributed by atoms with Crippen molar-refractivity contribution in [3.05, 3.63) is 84.2 Å². The second-order valence-corrected chi connectivity index (χ2v) is 6.47. The highest BCUT2D eigenvalue weighted by atomic mass is 16.5. The summed E-state index contributed by atoms with van der Waals surface area (Å²) in [4.78, 5) is 13.7. The van der Waals surface area contributed by atoms with Gasteiger partial charge in [-0.25, -0.2) is 4.79 Å². The van der Waals surface area contributed by atoms with E-state index < -0.39 is 0 Å². The summed E-state index contributed by atoms with van der Waals surface area (Å²) in [6, 6.07) is 18.9. The molecule has 0 radical (unpaired) electrons. The molecule has 2 aromatic heterocycles. The zero-order valence-corrected chi connectivity index (χ0v) is 15.8. The standard InChI is InChI=1S/C21H20N6O2/c28-21(19-10-8-17(9-11-19)16-26-13-4-12-22-26)29-15-5-14-27-24-20(23-25-27)18-6-2-1-3-7-18/h1-4,6-13H,5,14-16H2. The second kappa shape index (κ2) is 8.92. The third kappa shape index (κ3) is 4.92. The fourth-order valence-electron chi connectivity index (χ4n) is 2.82. The van der Waals surface area contributed by atoms with Crippen LogP contribution in [0, 0.1) is 0 Å². The lowest BCUT2D eigenvalue weighted by molar-refractivity contribution is 0.0493. The summed E-state index contributed by atoms with van der Waals surface area (Å²) in [5.74, 6) is 0.241. The van der Waals surface area contributed by atoms with Gasteiger partial charge in [-0.15, -0.1) is 10.2 Å². The number of esters is 1.